The van der Waals surface area contributed by atoms with Gasteiger partial charge in [0.15, 0.2) is 5.13 Å². The van der Waals surface area contributed by atoms with Gasteiger partial charge in [0.05, 0.1) is 14.6 Å². The molecule has 1 heterocycles. The maximum absolute atomic E-state index is 13.5. The van der Waals surface area contributed by atoms with Gasteiger partial charge in [0, 0.05) is 31.7 Å². The van der Waals surface area contributed by atoms with Crippen molar-refractivity contribution in [1.82, 2.24) is 14.2 Å². The van der Waals surface area contributed by atoms with E-state index in [1.165, 1.54) is 27.8 Å². The Hall–Kier alpha value is -1.75. The molecule has 1 aliphatic carbocycles. The summed E-state index contributed by atoms with van der Waals surface area (Å²) >= 11 is 7.72. The summed E-state index contributed by atoms with van der Waals surface area (Å²) in [5.41, 5.74) is 1.08. The van der Waals surface area contributed by atoms with Crippen LogP contribution in [0.4, 0.5) is 5.13 Å². The van der Waals surface area contributed by atoms with Gasteiger partial charge in [-0.25, -0.2) is 13.4 Å². The number of carbonyl (C=O) groups excluding carboxylic acids is 1. The number of sulfonamides is 1. The van der Waals surface area contributed by atoms with Crippen LogP contribution in [-0.2, 0) is 10.0 Å². The van der Waals surface area contributed by atoms with Gasteiger partial charge in [0.1, 0.15) is 5.52 Å². The van der Waals surface area contributed by atoms with E-state index in [0.29, 0.717) is 34.3 Å². The lowest BCUT2D eigenvalue weighted by molar-refractivity contribution is 0.0985. The molecule has 3 aromatic rings. The molecule has 0 aliphatic heterocycles. The second-order valence-corrected chi connectivity index (χ2v) is 12.6. The van der Waals surface area contributed by atoms with Gasteiger partial charge in [0.25, 0.3) is 5.91 Å². The largest absolute Gasteiger partial charge is 0.308 e. The van der Waals surface area contributed by atoms with Crippen LogP contribution in [0.25, 0.3) is 10.2 Å². The van der Waals surface area contributed by atoms with Crippen LogP contribution in [0, 0.1) is 0 Å². The molecule has 0 bridgehead atoms. The van der Waals surface area contributed by atoms with Gasteiger partial charge in [0.2, 0.25) is 10.0 Å². The lowest BCUT2D eigenvalue weighted by atomic mass is 9.96. The Balaban J connectivity index is 0.00000361. The Morgan fingerprint density at radius 2 is 1.69 bits per heavy atom. The average molecular weight is 572 g/mol. The second-order valence-electron chi connectivity index (χ2n) is 9.18. The van der Waals surface area contributed by atoms with E-state index < -0.39 is 10.0 Å². The zero-order valence-electron chi connectivity index (χ0n) is 20.7. The van der Waals surface area contributed by atoms with Gasteiger partial charge in [-0.1, -0.05) is 48.3 Å². The van der Waals surface area contributed by atoms with Crippen molar-refractivity contribution in [3.8, 4) is 0 Å². The highest BCUT2D eigenvalue weighted by molar-refractivity contribution is 7.89. The number of fused-ring (bicyclic) bond motifs is 1. The third-order valence-electron chi connectivity index (χ3n) is 6.47. The molecule has 1 aromatic heterocycles. The van der Waals surface area contributed by atoms with Gasteiger partial charge >= 0.3 is 0 Å². The first-order valence-electron chi connectivity index (χ1n) is 11.8. The van der Waals surface area contributed by atoms with E-state index >= 15 is 0 Å². The van der Waals surface area contributed by atoms with Crippen molar-refractivity contribution in [2.75, 3.05) is 39.1 Å². The predicted molar refractivity (Wildman–Crippen MR) is 150 cm³/mol. The second kappa shape index (κ2) is 12.2. The molecule has 0 saturated heterocycles. The Labute approximate surface area is 228 Å². The van der Waals surface area contributed by atoms with Crippen LogP contribution in [0.3, 0.4) is 0 Å². The summed E-state index contributed by atoms with van der Waals surface area (Å²) in [6.45, 7) is 1.09. The summed E-state index contributed by atoms with van der Waals surface area (Å²) in [6, 6.07) is 11.8. The molecule has 1 amide bonds. The number of thiazole rings is 1. The molecule has 0 N–H and O–H groups in total. The van der Waals surface area contributed by atoms with E-state index in [2.05, 4.69) is 4.98 Å². The molecular formula is C25H32Cl2N4O3S2. The number of nitrogens with zero attached hydrogens (tertiary/aromatic N) is 4. The lowest BCUT2D eigenvalue weighted by Gasteiger charge is -2.30. The van der Waals surface area contributed by atoms with Crippen LogP contribution in [0.15, 0.2) is 47.4 Å². The Morgan fingerprint density at radius 3 is 2.31 bits per heavy atom. The van der Waals surface area contributed by atoms with Crippen molar-refractivity contribution in [3.05, 3.63) is 53.1 Å². The zero-order valence-corrected chi connectivity index (χ0v) is 23.9. The molecular weight excluding hydrogens is 539 g/mol. The number of likely N-dealkylation sites (N-methyl/N-ethyl adjacent to an activating group) is 1. The minimum Gasteiger partial charge on any atom is -0.308 e. The van der Waals surface area contributed by atoms with Crippen molar-refractivity contribution < 1.29 is 13.2 Å². The highest BCUT2D eigenvalue weighted by atomic mass is 35.5. The number of carbonyl (C=O) groups is 1. The van der Waals surface area contributed by atoms with E-state index in [9.17, 15) is 13.2 Å². The monoisotopic (exact) mass is 570 g/mol. The summed E-state index contributed by atoms with van der Waals surface area (Å²) < 4.78 is 28.8. The van der Waals surface area contributed by atoms with Gasteiger partial charge < -0.3 is 4.90 Å². The quantitative estimate of drug-likeness (QED) is 0.356. The topological polar surface area (TPSA) is 73.8 Å². The number of amides is 1. The molecule has 4 rings (SSSR count). The summed E-state index contributed by atoms with van der Waals surface area (Å²) in [5.74, 6) is -0.230. The van der Waals surface area contributed by atoms with Gasteiger partial charge in [-0.15, -0.1) is 12.4 Å². The van der Waals surface area contributed by atoms with E-state index in [4.69, 9.17) is 11.6 Å². The number of rotatable bonds is 8. The highest BCUT2D eigenvalue weighted by Gasteiger charge is 2.29. The van der Waals surface area contributed by atoms with Gasteiger partial charge in [-0.2, -0.15) is 4.31 Å². The molecule has 1 saturated carbocycles. The molecule has 2 aromatic carbocycles. The Bertz CT molecular complexity index is 1290. The number of benzene rings is 2. The summed E-state index contributed by atoms with van der Waals surface area (Å²) in [6.07, 6.45) is 5.04. The van der Waals surface area contributed by atoms with Crippen LogP contribution in [0.2, 0.25) is 5.02 Å². The maximum atomic E-state index is 13.5. The molecule has 11 heteroatoms. The fourth-order valence-electron chi connectivity index (χ4n) is 4.34. The number of anilines is 1. The van der Waals surface area contributed by atoms with Crippen LogP contribution >= 0.6 is 35.3 Å². The third kappa shape index (κ3) is 6.20. The van der Waals surface area contributed by atoms with Gasteiger partial charge in [-0.3, -0.25) is 9.69 Å². The first kappa shape index (κ1) is 28.8. The average Bonchev–Trinajstić information content (AvgIpc) is 3.29. The number of aromatic nitrogens is 1. The standard InChI is InChI=1S/C25H31ClN4O3S2.ClH/c1-28(2)16-17-30(25-27-23-21(26)10-7-11-22(23)34-25)24(31)18-12-14-20(15-13-18)35(32,33)29(3)19-8-5-4-6-9-19;/h7,10-15,19H,4-6,8-9,16-17H2,1-3H3;1H. The van der Waals surface area contributed by atoms with E-state index in [-0.39, 0.29) is 29.3 Å². The number of hydrogen-bond acceptors (Lipinski definition) is 6. The molecule has 0 unspecified atom stereocenters. The number of para-hydroxylation sites is 1. The van der Waals surface area contributed by atoms with Crippen molar-refractivity contribution >= 4 is 66.6 Å². The summed E-state index contributed by atoms with van der Waals surface area (Å²) in [4.78, 5) is 22.0. The minimum atomic E-state index is -3.62. The Morgan fingerprint density at radius 1 is 1.03 bits per heavy atom. The fourth-order valence-corrected chi connectivity index (χ4v) is 7.04. The van der Waals surface area contributed by atoms with Crippen LogP contribution in [-0.4, -0.2) is 68.8 Å². The number of halogens is 2. The maximum Gasteiger partial charge on any atom is 0.260 e. The minimum absolute atomic E-state index is 0. The zero-order chi connectivity index (χ0) is 25.2. The Kier molecular flexibility index (Phi) is 9.76. The molecule has 7 nitrogen and oxygen atoms in total. The summed E-state index contributed by atoms with van der Waals surface area (Å²) in [5, 5.41) is 1.11. The lowest BCUT2D eigenvalue weighted by Crippen LogP contribution is -2.38. The van der Waals surface area contributed by atoms with E-state index in [1.807, 2.05) is 31.1 Å². The van der Waals surface area contributed by atoms with Crippen molar-refractivity contribution in [1.29, 1.82) is 0 Å². The van der Waals surface area contributed by atoms with Crippen LogP contribution in [0.1, 0.15) is 42.5 Å². The predicted octanol–water partition coefficient (Wildman–Crippen LogP) is 5.53. The molecule has 0 spiro atoms. The number of hydrogen-bond donors (Lipinski definition) is 0. The molecule has 36 heavy (non-hydrogen) atoms. The van der Waals surface area contributed by atoms with Crippen molar-refractivity contribution in [2.45, 2.75) is 43.0 Å². The first-order valence-corrected chi connectivity index (χ1v) is 14.4. The van der Waals surface area contributed by atoms with Crippen LogP contribution in [0.5, 0.6) is 0 Å². The molecule has 1 fully saturated rings. The smallest absolute Gasteiger partial charge is 0.260 e. The molecule has 0 atom stereocenters. The van der Waals surface area contributed by atoms with Crippen molar-refractivity contribution in [2.24, 2.45) is 0 Å². The van der Waals surface area contributed by atoms with Crippen molar-refractivity contribution in [3.63, 3.8) is 0 Å². The first-order chi connectivity index (χ1) is 16.7. The highest BCUT2D eigenvalue weighted by Crippen LogP contribution is 2.33. The third-order valence-corrected chi connectivity index (χ3v) is 9.75. The SMILES string of the molecule is CN(C)CCN(C(=O)c1ccc(S(=O)(=O)N(C)C2CCCCC2)cc1)c1nc2c(Cl)cccc2s1.Cl. The van der Waals surface area contributed by atoms with E-state index in [0.717, 1.165) is 36.8 Å². The summed E-state index contributed by atoms with van der Waals surface area (Å²) in [7, 11) is 1.93. The van der Waals surface area contributed by atoms with Crippen LogP contribution < -0.4 is 4.90 Å². The normalized spacial score (nSPS) is 14.8. The molecule has 1 aliphatic rings. The van der Waals surface area contributed by atoms with E-state index in [1.54, 1.807) is 30.1 Å². The van der Waals surface area contributed by atoms with Gasteiger partial charge in [-0.05, 0) is 63.3 Å². The molecule has 0 radical (unpaired) electrons. The fraction of sp³-hybridized carbons (Fsp3) is 0.440. The molecule has 196 valence electrons.